The van der Waals surface area contributed by atoms with E-state index in [1.807, 2.05) is 47.4 Å². The lowest BCUT2D eigenvalue weighted by Gasteiger charge is -2.34. The van der Waals surface area contributed by atoms with Crippen LogP contribution in [0.2, 0.25) is 5.02 Å². The number of amides is 1. The SMILES string of the molecule is O=C(c1cccc(Br)c1)N1CCN(c2nc3ccc(Cl)cc3s2)CC1. The second kappa shape index (κ2) is 6.94. The summed E-state index contributed by atoms with van der Waals surface area (Å²) in [7, 11) is 0. The maximum absolute atomic E-state index is 12.6. The fraction of sp³-hybridized carbons (Fsp3) is 0.222. The molecular weight excluding hydrogens is 422 g/mol. The fourth-order valence-corrected chi connectivity index (χ4v) is 4.62. The van der Waals surface area contributed by atoms with E-state index in [4.69, 9.17) is 16.6 Å². The third-order valence-corrected chi connectivity index (χ3v) is 6.06. The Bertz CT molecular complexity index is 937. The Balaban J connectivity index is 1.46. The molecule has 1 aliphatic rings. The largest absolute Gasteiger partial charge is 0.345 e. The second-order valence-corrected chi connectivity index (χ2v) is 8.26. The van der Waals surface area contributed by atoms with Crippen molar-refractivity contribution in [2.75, 3.05) is 31.1 Å². The fourth-order valence-electron chi connectivity index (χ4n) is 2.93. The summed E-state index contributed by atoms with van der Waals surface area (Å²) >= 11 is 11.1. The molecule has 0 spiro atoms. The molecule has 1 fully saturated rings. The predicted octanol–water partition coefficient (Wildman–Crippen LogP) is 4.67. The molecule has 1 saturated heterocycles. The third kappa shape index (κ3) is 3.52. The van der Waals surface area contributed by atoms with Gasteiger partial charge >= 0.3 is 0 Å². The molecule has 0 atom stereocenters. The number of aromatic nitrogens is 1. The van der Waals surface area contributed by atoms with E-state index in [1.54, 1.807) is 11.3 Å². The molecule has 128 valence electrons. The molecule has 0 aliphatic carbocycles. The van der Waals surface area contributed by atoms with Crippen LogP contribution in [-0.4, -0.2) is 42.0 Å². The number of piperazine rings is 1. The van der Waals surface area contributed by atoms with Gasteiger partial charge in [0.1, 0.15) is 0 Å². The summed E-state index contributed by atoms with van der Waals surface area (Å²) in [6, 6.07) is 13.3. The van der Waals surface area contributed by atoms with Gasteiger partial charge in [0.15, 0.2) is 5.13 Å². The number of hydrogen-bond acceptors (Lipinski definition) is 4. The average Bonchev–Trinajstić information content (AvgIpc) is 3.04. The van der Waals surface area contributed by atoms with Crippen LogP contribution in [-0.2, 0) is 0 Å². The molecule has 1 aliphatic heterocycles. The Kier molecular flexibility index (Phi) is 4.67. The quantitative estimate of drug-likeness (QED) is 0.585. The molecule has 2 heterocycles. The minimum Gasteiger partial charge on any atom is -0.345 e. The van der Waals surface area contributed by atoms with Crippen molar-refractivity contribution in [3.05, 3.63) is 57.5 Å². The Morgan fingerprint density at radius 2 is 1.92 bits per heavy atom. The Morgan fingerprint density at radius 3 is 2.68 bits per heavy atom. The number of fused-ring (bicyclic) bond motifs is 1. The standard InChI is InChI=1S/C18H15BrClN3OS/c19-13-3-1-2-12(10-13)17(24)22-6-8-23(9-7-22)18-21-15-5-4-14(20)11-16(15)25-18/h1-5,10-11H,6-9H2. The van der Waals surface area contributed by atoms with Crippen LogP contribution in [0.15, 0.2) is 46.9 Å². The van der Waals surface area contributed by atoms with E-state index in [0.717, 1.165) is 43.5 Å². The number of carbonyl (C=O) groups excluding carboxylic acids is 1. The molecule has 25 heavy (non-hydrogen) atoms. The van der Waals surface area contributed by atoms with Crippen molar-refractivity contribution < 1.29 is 4.79 Å². The van der Waals surface area contributed by atoms with Gasteiger partial charge in [0.25, 0.3) is 5.91 Å². The Hall–Kier alpha value is -1.63. The first-order chi connectivity index (χ1) is 12.1. The van der Waals surface area contributed by atoms with Gasteiger partial charge in [-0.25, -0.2) is 4.98 Å². The molecule has 1 aromatic heterocycles. The Labute approximate surface area is 163 Å². The summed E-state index contributed by atoms with van der Waals surface area (Å²) in [6.45, 7) is 2.96. The summed E-state index contributed by atoms with van der Waals surface area (Å²) in [5.74, 6) is 0.0806. The van der Waals surface area contributed by atoms with E-state index in [0.29, 0.717) is 13.1 Å². The van der Waals surface area contributed by atoms with Gasteiger partial charge in [-0.05, 0) is 36.4 Å². The van der Waals surface area contributed by atoms with Gasteiger partial charge in [-0.3, -0.25) is 4.79 Å². The minimum absolute atomic E-state index is 0.0806. The highest BCUT2D eigenvalue weighted by Crippen LogP contribution is 2.31. The van der Waals surface area contributed by atoms with Crippen molar-refractivity contribution in [2.45, 2.75) is 0 Å². The third-order valence-electron chi connectivity index (χ3n) is 4.25. The highest BCUT2D eigenvalue weighted by molar-refractivity contribution is 9.10. The second-order valence-electron chi connectivity index (χ2n) is 5.90. The molecule has 4 nitrogen and oxygen atoms in total. The molecule has 2 aromatic carbocycles. The van der Waals surface area contributed by atoms with E-state index in [1.165, 1.54) is 0 Å². The van der Waals surface area contributed by atoms with Crippen LogP contribution >= 0.6 is 38.9 Å². The first kappa shape index (κ1) is 16.8. The van der Waals surface area contributed by atoms with Gasteiger partial charge < -0.3 is 9.80 Å². The van der Waals surface area contributed by atoms with Crippen LogP contribution in [0.25, 0.3) is 10.2 Å². The number of hydrogen-bond donors (Lipinski definition) is 0. The van der Waals surface area contributed by atoms with Crippen molar-refractivity contribution in [1.82, 2.24) is 9.88 Å². The monoisotopic (exact) mass is 435 g/mol. The van der Waals surface area contributed by atoms with Crippen molar-refractivity contribution in [1.29, 1.82) is 0 Å². The zero-order chi connectivity index (χ0) is 17.4. The van der Waals surface area contributed by atoms with E-state index in [-0.39, 0.29) is 5.91 Å². The summed E-state index contributed by atoms with van der Waals surface area (Å²) < 4.78 is 2.01. The molecule has 0 bridgehead atoms. The van der Waals surface area contributed by atoms with Crippen LogP contribution in [0.5, 0.6) is 0 Å². The number of benzene rings is 2. The number of halogens is 2. The smallest absolute Gasteiger partial charge is 0.254 e. The van der Waals surface area contributed by atoms with Gasteiger partial charge in [-0.2, -0.15) is 0 Å². The molecule has 3 aromatic rings. The summed E-state index contributed by atoms with van der Waals surface area (Å²) in [4.78, 5) is 21.5. The lowest BCUT2D eigenvalue weighted by Crippen LogP contribution is -2.48. The molecule has 0 saturated carbocycles. The number of carbonyl (C=O) groups is 1. The molecule has 7 heteroatoms. The summed E-state index contributed by atoms with van der Waals surface area (Å²) in [5, 5.41) is 1.72. The van der Waals surface area contributed by atoms with Crippen LogP contribution < -0.4 is 4.90 Å². The highest BCUT2D eigenvalue weighted by atomic mass is 79.9. The maximum Gasteiger partial charge on any atom is 0.254 e. The van der Waals surface area contributed by atoms with Crippen LogP contribution in [0.1, 0.15) is 10.4 Å². The minimum atomic E-state index is 0.0806. The molecule has 0 N–H and O–H groups in total. The molecule has 1 amide bonds. The van der Waals surface area contributed by atoms with Crippen LogP contribution in [0, 0.1) is 0 Å². The first-order valence-corrected chi connectivity index (χ1v) is 9.95. The van der Waals surface area contributed by atoms with E-state index in [9.17, 15) is 4.79 Å². The van der Waals surface area contributed by atoms with Gasteiger partial charge in [-0.1, -0.05) is 44.9 Å². The van der Waals surface area contributed by atoms with E-state index < -0.39 is 0 Å². The summed E-state index contributed by atoms with van der Waals surface area (Å²) in [5.41, 5.74) is 1.69. The topological polar surface area (TPSA) is 36.4 Å². The zero-order valence-electron chi connectivity index (χ0n) is 13.3. The molecule has 0 unspecified atom stereocenters. The number of nitrogens with zero attached hydrogens (tertiary/aromatic N) is 3. The predicted molar refractivity (Wildman–Crippen MR) is 107 cm³/mol. The number of rotatable bonds is 2. The number of anilines is 1. The van der Waals surface area contributed by atoms with Gasteiger partial charge in [-0.15, -0.1) is 0 Å². The normalized spacial score (nSPS) is 15.0. The average molecular weight is 437 g/mol. The molecule has 4 rings (SSSR count). The van der Waals surface area contributed by atoms with E-state index >= 15 is 0 Å². The van der Waals surface area contributed by atoms with Crippen molar-refractivity contribution in [2.24, 2.45) is 0 Å². The van der Waals surface area contributed by atoms with Gasteiger partial charge in [0.05, 0.1) is 10.2 Å². The number of thiazole rings is 1. The lowest BCUT2D eigenvalue weighted by atomic mass is 10.2. The van der Waals surface area contributed by atoms with Crippen LogP contribution in [0.3, 0.4) is 0 Å². The first-order valence-electron chi connectivity index (χ1n) is 7.96. The van der Waals surface area contributed by atoms with Gasteiger partial charge in [0.2, 0.25) is 0 Å². The van der Waals surface area contributed by atoms with Crippen molar-refractivity contribution in [3.63, 3.8) is 0 Å². The molecular formula is C18H15BrClN3OS. The zero-order valence-corrected chi connectivity index (χ0v) is 16.4. The summed E-state index contributed by atoms with van der Waals surface area (Å²) in [6.07, 6.45) is 0. The Morgan fingerprint density at radius 1 is 1.12 bits per heavy atom. The van der Waals surface area contributed by atoms with Gasteiger partial charge in [0, 0.05) is 41.2 Å². The molecule has 0 radical (unpaired) electrons. The lowest BCUT2D eigenvalue weighted by molar-refractivity contribution is 0.0746. The highest BCUT2D eigenvalue weighted by Gasteiger charge is 2.24. The maximum atomic E-state index is 12.6. The van der Waals surface area contributed by atoms with Crippen molar-refractivity contribution >= 4 is 60.1 Å². The van der Waals surface area contributed by atoms with Crippen LogP contribution in [0.4, 0.5) is 5.13 Å². The van der Waals surface area contributed by atoms with E-state index in [2.05, 4.69) is 20.8 Å². The van der Waals surface area contributed by atoms with Crippen molar-refractivity contribution in [3.8, 4) is 0 Å².